The van der Waals surface area contributed by atoms with E-state index in [-0.39, 0.29) is 11.5 Å². The molecule has 3 nitrogen and oxygen atoms in total. The van der Waals surface area contributed by atoms with Gasteiger partial charge in [-0.25, -0.2) is 0 Å². The monoisotopic (exact) mass is 299 g/mol. The maximum absolute atomic E-state index is 10.6. The molecule has 2 unspecified atom stereocenters. The average molecular weight is 299 g/mol. The molecule has 0 aliphatic heterocycles. The SMILES string of the molecule is CC(CCc1ccco1)NCC1(C(O)c2ccccc2)CC1. The Bertz CT molecular complexity index is 560. The molecule has 0 amide bonds. The van der Waals surface area contributed by atoms with Crippen LogP contribution < -0.4 is 5.32 Å². The number of aryl methyl sites for hydroxylation is 1. The Balaban J connectivity index is 1.48. The second kappa shape index (κ2) is 6.67. The lowest BCUT2D eigenvalue weighted by Crippen LogP contribution is -2.35. The van der Waals surface area contributed by atoms with Crippen LogP contribution in [-0.4, -0.2) is 17.7 Å². The first-order valence-electron chi connectivity index (χ1n) is 8.18. The second-order valence-corrected chi connectivity index (χ2v) is 6.58. The molecule has 2 aromatic rings. The maximum atomic E-state index is 10.6. The van der Waals surface area contributed by atoms with Gasteiger partial charge in [0.1, 0.15) is 5.76 Å². The number of hydrogen-bond acceptors (Lipinski definition) is 3. The van der Waals surface area contributed by atoms with E-state index < -0.39 is 0 Å². The first-order valence-corrected chi connectivity index (χ1v) is 8.18. The van der Waals surface area contributed by atoms with E-state index in [1.165, 1.54) is 0 Å². The Morgan fingerprint density at radius 2 is 1.95 bits per heavy atom. The Hall–Kier alpha value is -1.58. The zero-order valence-electron chi connectivity index (χ0n) is 13.2. The minimum Gasteiger partial charge on any atom is -0.469 e. The predicted octanol–water partition coefficient (Wildman–Crippen LogP) is 3.70. The molecule has 0 saturated heterocycles. The number of aliphatic hydroxyl groups is 1. The number of hydrogen-bond donors (Lipinski definition) is 2. The summed E-state index contributed by atoms with van der Waals surface area (Å²) in [5.74, 6) is 1.04. The lowest BCUT2D eigenvalue weighted by molar-refractivity contribution is 0.0901. The Morgan fingerprint density at radius 1 is 1.18 bits per heavy atom. The van der Waals surface area contributed by atoms with E-state index >= 15 is 0 Å². The third kappa shape index (κ3) is 3.60. The summed E-state index contributed by atoms with van der Waals surface area (Å²) in [6, 6.07) is 14.4. The van der Waals surface area contributed by atoms with Gasteiger partial charge < -0.3 is 14.8 Å². The zero-order valence-corrected chi connectivity index (χ0v) is 13.2. The van der Waals surface area contributed by atoms with Gasteiger partial charge in [-0.2, -0.15) is 0 Å². The van der Waals surface area contributed by atoms with Gasteiger partial charge in [0.2, 0.25) is 0 Å². The van der Waals surface area contributed by atoms with Gasteiger partial charge in [0, 0.05) is 24.4 Å². The summed E-state index contributed by atoms with van der Waals surface area (Å²) in [5.41, 5.74) is 1.06. The highest BCUT2D eigenvalue weighted by Gasteiger charge is 2.49. The van der Waals surface area contributed by atoms with Crippen LogP contribution in [0.2, 0.25) is 0 Å². The van der Waals surface area contributed by atoms with E-state index in [0.29, 0.717) is 6.04 Å². The molecule has 2 N–H and O–H groups in total. The van der Waals surface area contributed by atoms with E-state index in [2.05, 4.69) is 12.2 Å². The summed E-state index contributed by atoms with van der Waals surface area (Å²) in [5, 5.41) is 14.2. The molecule has 1 aliphatic rings. The predicted molar refractivity (Wildman–Crippen MR) is 87.6 cm³/mol. The molecule has 0 spiro atoms. The van der Waals surface area contributed by atoms with Crippen molar-refractivity contribution in [3.05, 3.63) is 60.1 Å². The van der Waals surface area contributed by atoms with Crippen LogP contribution in [0.1, 0.15) is 43.6 Å². The van der Waals surface area contributed by atoms with E-state index in [0.717, 1.165) is 43.6 Å². The molecular formula is C19H25NO2. The van der Waals surface area contributed by atoms with Crippen molar-refractivity contribution >= 4 is 0 Å². The standard InChI is InChI=1S/C19H25NO2/c1-15(9-10-17-8-5-13-22-17)20-14-19(11-12-19)18(21)16-6-3-2-4-7-16/h2-8,13,15,18,20-21H,9-12,14H2,1H3. The Kier molecular flexibility index (Phi) is 4.65. The number of rotatable bonds is 8. The molecular weight excluding hydrogens is 274 g/mol. The highest BCUT2D eigenvalue weighted by molar-refractivity contribution is 5.22. The number of nitrogens with one attached hydrogen (secondary N) is 1. The molecule has 22 heavy (non-hydrogen) atoms. The maximum Gasteiger partial charge on any atom is 0.103 e. The van der Waals surface area contributed by atoms with Crippen LogP contribution in [0, 0.1) is 5.41 Å². The summed E-state index contributed by atoms with van der Waals surface area (Å²) < 4.78 is 5.37. The van der Waals surface area contributed by atoms with Gasteiger partial charge in [-0.05, 0) is 43.9 Å². The van der Waals surface area contributed by atoms with E-state index in [4.69, 9.17) is 4.42 Å². The highest BCUT2D eigenvalue weighted by atomic mass is 16.3. The molecule has 0 radical (unpaired) electrons. The van der Waals surface area contributed by atoms with Crippen LogP contribution in [0.4, 0.5) is 0 Å². The molecule has 1 saturated carbocycles. The van der Waals surface area contributed by atoms with Crippen molar-refractivity contribution in [1.82, 2.24) is 5.32 Å². The number of furan rings is 1. The number of benzene rings is 1. The quantitative estimate of drug-likeness (QED) is 0.781. The van der Waals surface area contributed by atoms with Crippen molar-refractivity contribution in [3.63, 3.8) is 0 Å². The molecule has 1 fully saturated rings. The summed E-state index contributed by atoms with van der Waals surface area (Å²) in [7, 11) is 0. The minimum absolute atomic E-state index is 0.0281. The normalized spacial score (nSPS) is 18.8. The van der Waals surface area contributed by atoms with Crippen molar-refractivity contribution < 1.29 is 9.52 Å². The van der Waals surface area contributed by atoms with E-state index in [1.54, 1.807) is 6.26 Å². The van der Waals surface area contributed by atoms with Crippen LogP contribution in [0.3, 0.4) is 0 Å². The first-order chi connectivity index (χ1) is 10.7. The van der Waals surface area contributed by atoms with Crippen molar-refractivity contribution in [1.29, 1.82) is 0 Å². The summed E-state index contributed by atoms with van der Waals surface area (Å²) in [6.45, 7) is 3.08. The van der Waals surface area contributed by atoms with Crippen molar-refractivity contribution in [2.75, 3.05) is 6.54 Å². The fourth-order valence-corrected chi connectivity index (χ4v) is 2.99. The zero-order chi connectivity index (χ0) is 15.4. The molecule has 1 aromatic heterocycles. The summed E-state index contributed by atoms with van der Waals surface area (Å²) in [4.78, 5) is 0. The van der Waals surface area contributed by atoms with Crippen LogP contribution >= 0.6 is 0 Å². The topological polar surface area (TPSA) is 45.4 Å². The van der Waals surface area contributed by atoms with Gasteiger partial charge in [0.05, 0.1) is 12.4 Å². The summed E-state index contributed by atoms with van der Waals surface area (Å²) in [6.07, 6.45) is 5.56. The van der Waals surface area contributed by atoms with Gasteiger partial charge in [0.15, 0.2) is 0 Å². The van der Waals surface area contributed by atoms with Crippen LogP contribution in [0.5, 0.6) is 0 Å². The summed E-state index contributed by atoms with van der Waals surface area (Å²) >= 11 is 0. The number of aliphatic hydroxyl groups excluding tert-OH is 1. The molecule has 0 bridgehead atoms. The van der Waals surface area contributed by atoms with Crippen LogP contribution in [-0.2, 0) is 6.42 Å². The Labute approximate surface area is 132 Å². The van der Waals surface area contributed by atoms with Gasteiger partial charge >= 0.3 is 0 Å². The molecule has 1 aromatic carbocycles. The molecule has 3 heteroatoms. The molecule has 118 valence electrons. The molecule has 1 heterocycles. The van der Waals surface area contributed by atoms with Crippen LogP contribution in [0.15, 0.2) is 53.1 Å². The Morgan fingerprint density at radius 3 is 2.59 bits per heavy atom. The van der Waals surface area contributed by atoms with Crippen molar-refractivity contribution in [2.45, 2.75) is 44.8 Å². The van der Waals surface area contributed by atoms with Gasteiger partial charge in [-0.15, -0.1) is 0 Å². The fraction of sp³-hybridized carbons (Fsp3) is 0.474. The lowest BCUT2D eigenvalue weighted by Gasteiger charge is -2.25. The minimum atomic E-state index is -0.363. The largest absolute Gasteiger partial charge is 0.469 e. The van der Waals surface area contributed by atoms with E-state index in [1.807, 2.05) is 42.5 Å². The van der Waals surface area contributed by atoms with Gasteiger partial charge in [-0.1, -0.05) is 30.3 Å². The van der Waals surface area contributed by atoms with Gasteiger partial charge in [0.25, 0.3) is 0 Å². The lowest BCUT2D eigenvalue weighted by atomic mass is 9.92. The fourth-order valence-electron chi connectivity index (χ4n) is 2.99. The third-order valence-electron chi connectivity index (χ3n) is 4.79. The van der Waals surface area contributed by atoms with Gasteiger partial charge in [-0.3, -0.25) is 0 Å². The highest BCUT2D eigenvalue weighted by Crippen LogP contribution is 2.54. The first kappa shape index (κ1) is 15.3. The van der Waals surface area contributed by atoms with Crippen molar-refractivity contribution in [3.8, 4) is 0 Å². The molecule has 2 atom stereocenters. The average Bonchev–Trinajstić information content (AvgIpc) is 3.17. The molecule has 1 aliphatic carbocycles. The van der Waals surface area contributed by atoms with Crippen LogP contribution in [0.25, 0.3) is 0 Å². The second-order valence-electron chi connectivity index (χ2n) is 6.58. The van der Waals surface area contributed by atoms with E-state index in [9.17, 15) is 5.11 Å². The smallest absolute Gasteiger partial charge is 0.103 e. The third-order valence-corrected chi connectivity index (χ3v) is 4.79. The van der Waals surface area contributed by atoms with Crippen molar-refractivity contribution in [2.24, 2.45) is 5.41 Å². The molecule has 3 rings (SSSR count).